The summed E-state index contributed by atoms with van der Waals surface area (Å²) >= 11 is 0. The van der Waals surface area contributed by atoms with Crippen LogP contribution in [0.5, 0.6) is 0 Å². The number of anilines is 1. The van der Waals surface area contributed by atoms with Gasteiger partial charge in [0.05, 0.1) is 25.5 Å². The van der Waals surface area contributed by atoms with E-state index in [4.69, 9.17) is 9.72 Å². The first-order chi connectivity index (χ1) is 11.8. The SMILES string of the molecule is O=C(CC1CCCC1)N1CCc2cnc(N3CCOCC3)nc2C1. The van der Waals surface area contributed by atoms with Crippen molar-refractivity contribution in [2.24, 2.45) is 5.92 Å². The van der Waals surface area contributed by atoms with E-state index in [1.54, 1.807) is 0 Å². The highest BCUT2D eigenvalue weighted by Gasteiger charge is 2.26. The Labute approximate surface area is 143 Å². The minimum atomic E-state index is 0.305. The molecule has 2 aliphatic heterocycles. The number of fused-ring (bicyclic) bond motifs is 1. The first kappa shape index (κ1) is 15.8. The summed E-state index contributed by atoms with van der Waals surface area (Å²) in [6.07, 6.45) is 8.56. The van der Waals surface area contributed by atoms with Crippen molar-refractivity contribution in [2.45, 2.75) is 45.1 Å². The molecule has 4 rings (SSSR count). The molecule has 6 nitrogen and oxygen atoms in total. The number of nitrogens with zero attached hydrogens (tertiary/aromatic N) is 4. The van der Waals surface area contributed by atoms with Gasteiger partial charge in [0.25, 0.3) is 0 Å². The molecule has 0 radical (unpaired) electrons. The van der Waals surface area contributed by atoms with E-state index < -0.39 is 0 Å². The molecule has 1 amide bonds. The molecular weight excluding hydrogens is 304 g/mol. The van der Waals surface area contributed by atoms with Crippen molar-refractivity contribution in [3.05, 3.63) is 17.5 Å². The van der Waals surface area contributed by atoms with Crippen molar-refractivity contribution in [1.29, 1.82) is 0 Å². The summed E-state index contributed by atoms with van der Waals surface area (Å²) < 4.78 is 5.40. The molecule has 0 spiro atoms. The van der Waals surface area contributed by atoms with Gasteiger partial charge in [0, 0.05) is 32.3 Å². The van der Waals surface area contributed by atoms with Crippen molar-refractivity contribution in [3.63, 3.8) is 0 Å². The molecule has 1 aromatic rings. The number of carbonyl (C=O) groups excluding carboxylic acids is 1. The molecule has 6 heteroatoms. The van der Waals surface area contributed by atoms with Gasteiger partial charge in [-0.05, 0) is 30.7 Å². The lowest BCUT2D eigenvalue weighted by Crippen LogP contribution is -2.39. The van der Waals surface area contributed by atoms with Crippen molar-refractivity contribution >= 4 is 11.9 Å². The van der Waals surface area contributed by atoms with Crippen LogP contribution in [-0.4, -0.2) is 53.6 Å². The monoisotopic (exact) mass is 330 g/mol. The average molecular weight is 330 g/mol. The van der Waals surface area contributed by atoms with Gasteiger partial charge in [-0.1, -0.05) is 12.8 Å². The highest BCUT2D eigenvalue weighted by Crippen LogP contribution is 2.29. The normalized spacial score (nSPS) is 21.8. The van der Waals surface area contributed by atoms with E-state index in [-0.39, 0.29) is 0 Å². The van der Waals surface area contributed by atoms with Crippen molar-refractivity contribution in [1.82, 2.24) is 14.9 Å². The van der Waals surface area contributed by atoms with E-state index in [1.807, 2.05) is 11.1 Å². The molecule has 24 heavy (non-hydrogen) atoms. The van der Waals surface area contributed by atoms with Crippen LogP contribution in [0.1, 0.15) is 43.4 Å². The Morgan fingerprint density at radius 2 is 2.00 bits per heavy atom. The average Bonchev–Trinajstić information content (AvgIpc) is 3.14. The Hall–Kier alpha value is -1.69. The first-order valence-corrected chi connectivity index (χ1v) is 9.25. The van der Waals surface area contributed by atoms with Gasteiger partial charge in [0.15, 0.2) is 0 Å². The zero-order chi connectivity index (χ0) is 16.4. The maximum atomic E-state index is 12.6. The number of rotatable bonds is 3. The molecule has 3 heterocycles. The van der Waals surface area contributed by atoms with Crippen LogP contribution in [0.4, 0.5) is 5.95 Å². The number of hydrogen-bond donors (Lipinski definition) is 0. The standard InChI is InChI=1S/C18H26N4O2/c23-17(11-14-3-1-2-4-14)22-6-5-15-12-19-18(20-16(15)13-22)21-7-9-24-10-8-21/h12,14H,1-11,13H2. The quantitative estimate of drug-likeness (QED) is 0.845. The van der Waals surface area contributed by atoms with Gasteiger partial charge in [-0.25, -0.2) is 9.97 Å². The second-order valence-corrected chi connectivity index (χ2v) is 7.16. The molecule has 0 atom stereocenters. The Bertz CT molecular complexity index is 595. The number of ether oxygens (including phenoxy) is 1. The molecule has 3 aliphatic rings. The highest BCUT2D eigenvalue weighted by atomic mass is 16.5. The number of aromatic nitrogens is 2. The van der Waals surface area contributed by atoms with Crippen LogP contribution < -0.4 is 4.90 Å². The largest absolute Gasteiger partial charge is 0.378 e. The Kier molecular flexibility index (Phi) is 4.65. The van der Waals surface area contributed by atoms with E-state index >= 15 is 0 Å². The predicted molar refractivity (Wildman–Crippen MR) is 90.8 cm³/mol. The number of hydrogen-bond acceptors (Lipinski definition) is 5. The van der Waals surface area contributed by atoms with Crippen LogP contribution in [0.15, 0.2) is 6.20 Å². The van der Waals surface area contributed by atoms with Gasteiger partial charge in [-0.15, -0.1) is 0 Å². The summed E-state index contributed by atoms with van der Waals surface area (Å²) in [5.74, 6) is 1.69. The minimum Gasteiger partial charge on any atom is -0.378 e. The maximum absolute atomic E-state index is 12.6. The Morgan fingerprint density at radius 1 is 1.21 bits per heavy atom. The summed E-state index contributed by atoms with van der Waals surface area (Å²) in [4.78, 5) is 26.1. The lowest BCUT2D eigenvalue weighted by atomic mass is 10.0. The summed E-state index contributed by atoms with van der Waals surface area (Å²) in [6.45, 7) is 4.57. The molecule has 1 saturated heterocycles. The van der Waals surface area contributed by atoms with Gasteiger partial charge in [-0.3, -0.25) is 4.79 Å². The van der Waals surface area contributed by atoms with E-state index in [0.717, 1.165) is 57.3 Å². The summed E-state index contributed by atoms with van der Waals surface area (Å²) in [5, 5.41) is 0. The summed E-state index contributed by atoms with van der Waals surface area (Å²) in [5.41, 5.74) is 2.22. The maximum Gasteiger partial charge on any atom is 0.225 e. The molecular formula is C18H26N4O2. The second-order valence-electron chi connectivity index (χ2n) is 7.16. The van der Waals surface area contributed by atoms with Crippen LogP contribution >= 0.6 is 0 Å². The van der Waals surface area contributed by atoms with Crippen LogP contribution in [0, 0.1) is 5.92 Å². The minimum absolute atomic E-state index is 0.305. The van der Waals surface area contributed by atoms with Gasteiger partial charge >= 0.3 is 0 Å². The lowest BCUT2D eigenvalue weighted by molar-refractivity contribution is -0.133. The molecule has 1 aliphatic carbocycles. The molecule has 0 N–H and O–H groups in total. The summed E-state index contributed by atoms with van der Waals surface area (Å²) in [6, 6.07) is 0. The van der Waals surface area contributed by atoms with Gasteiger partial charge < -0.3 is 14.5 Å². The van der Waals surface area contributed by atoms with Gasteiger partial charge in [0.1, 0.15) is 0 Å². The molecule has 2 fully saturated rings. The number of carbonyl (C=O) groups is 1. The highest BCUT2D eigenvalue weighted by molar-refractivity contribution is 5.76. The third kappa shape index (κ3) is 3.38. The molecule has 1 aromatic heterocycles. The van der Waals surface area contributed by atoms with Crippen LogP contribution in [0.3, 0.4) is 0 Å². The van der Waals surface area contributed by atoms with Crippen molar-refractivity contribution in [2.75, 3.05) is 37.7 Å². The fourth-order valence-electron chi connectivity index (χ4n) is 4.01. The van der Waals surface area contributed by atoms with E-state index in [2.05, 4.69) is 9.88 Å². The molecule has 1 saturated carbocycles. The Balaban J connectivity index is 1.43. The van der Waals surface area contributed by atoms with E-state index in [9.17, 15) is 4.79 Å². The number of amides is 1. The zero-order valence-electron chi connectivity index (χ0n) is 14.2. The molecule has 0 unspecified atom stereocenters. The fourth-order valence-corrected chi connectivity index (χ4v) is 4.01. The predicted octanol–water partition coefficient (Wildman–Crippen LogP) is 1.78. The smallest absolute Gasteiger partial charge is 0.225 e. The fraction of sp³-hybridized carbons (Fsp3) is 0.722. The van der Waals surface area contributed by atoms with Crippen LogP contribution in [0.25, 0.3) is 0 Å². The van der Waals surface area contributed by atoms with Crippen molar-refractivity contribution < 1.29 is 9.53 Å². The first-order valence-electron chi connectivity index (χ1n) is 9.25. The van der Waals surface area contributed by atoms with Crippen LogP contribution in [0.2, 0.25) is 0 Å². The zero-order valence-corrected chi connectivity index (χ0v) is 14.2. The second kappa shape index (κ2) is 7.05. The third-order valence-electron chi connectivity index (χ3n) is 5.52. The number of morpholine rings is 1. The van der Waals surface area contributed by atoms with E-state index in [0.29, 0.717) is 18.4 Å². The molecule has 0 aromatic carbocycles. The lowest BCUT2D eigenvalue weighted by Gasteiger charge is -2.31. The van der Waals surface area contributed by atoms with Crippen LogP contribution in [-0.2, 0) is 22.5 Å². The van der Waals surface area contributed by atoms with Gasteiger partial charge in [-0.2, -0.15) is 0 Å². The Morgan fingerprint density at radius 3 is 2.79 bits per heavy atom. The van der Waals surface area contributed by atoms with Crippen molar-refractivity contribution in [3.8, 4) is 0 Å². The molecule has 130 valence electrons. The topological polar surface area (TPSA) is 58.6 Å². The van der Waals surface area contributed by atoms with E-state index in [1.165, 1.54) is 31.2 Å². The van der Waals surface area contributed by atoms with Gasteiger partial charge in [0.2, 0.25) is 11.9 Å². The summed E-state index contributed by atoms with van der Waals surface area (Å²) in [7, 11) is 0. The third-order valence-corrected chi connectivity index (χ3v) is 5.52. The molecule has 0 bridgehead atoms.